The molecule has 2 aliphatic rings. The standard InChI is InChI=1S/C16H28N4O3S/c1-13-9-17-19(4)15(13)24(21,22)20-12-16(7-5-6-8-16)23-11-14(20)10-18(2)3/h9,14H,5-8,10-12H2,1-4H3. The van der Waals surface area contributed by atoms with Crippen LogP contribution in [0.2, 0.25) is 0 Å². The molecule has 0 bridgehead atoms. The lowest BCUT2D eigenvalue weighted by Crippen LogP contribution is -2.59. The van der Waals surface area contributed by atoms with Gasteiger partial charge in [-0.05, 0) is 33.9 Å². The van der Waals surface area contributed by atoms with Crippen molar-refractivity contribution in [1.82, 2.24) is 19.0 Å². The molecule has 1 atom stereocenters. The van der Waals surface area contributed by atoms with Crippen molar-refractivity contribution in [2.75, 3.05) is 33.8 Å². The van der Waals surface area contributed by atoms with Gasteiger partial charge in [-0.2, -0.15) is 9.40 Å². The van der Waals surface area contributed by atoms with Crippen molar-refractivity contribution < 1.29 is 13.2 Å². The Labute approximate surface area is 144 Å². The molecule has 0 amide bonds. The Morgan fingerprint density at radius 1 is 1.38 bits per heavy atom. The maximum atomic E-state index is 13.4. The van der Waals surface area contributed by atoms with E-state index in [-0.39, 0.29) is 11.6 Å². The predicted molar refractivity (Wildman–Crippen MR) is 91.3 cm³/mol. The minimum Gasteiger partial charge on any atom is -0.372 e. The maximum Gasteiger partial charge on any atom is 0.260 e. The van der Waals surface area contributed by atoms with Gasteiger partial charge in [-0.15, -0.1) is 0 Å². The molecule has 136 valence electrons. The monoisotopic (exact) mass is 356 g/mol. The number of hydrogen-bond donors (Lipinski definition) is 0. The molecule has 1 aliphatic heterocycles. The first kappa shape index (κ1) is 17.8. The average molecular weight is 356 g/mol. The third-order valence-corrected chi connectivity index (χ3v) is 7.25. The van der Waals surface area contributed by atoms with E-state index in [0.29, 0.717) is 30.3 Å². The van der Waals surface area contributed by atoms with E-state index < -0.39 is 10.0 Å². The van der Waals surface area contributed by atoms with Crippen molar-refractivity contribution >= 4 is 10.0 Å². The molecule has 24 heavy (non-hydrogen) atoms. The number of likely N-dealkylation sites (N-methyl/N-ethyl adjacent to an activating group) is 1. The minimum absolute atomic E-state index is 0.175. The van der Waals surface area contributed by atoms with Gasteiger partial charge in [0.1, 0.15) is 0 Å². The normalized spacial score (nSPS) is 25.0. The molecule has 1 saturated carbocycles. The molecule has 1 saturated heterocycles. The summed E-state index contributed by atoms with van der Waals surface area (Å²) in [5, 5.41) is 4.41. The van der Waals surface area contributed by atoms with E-state index in [9.17, 15) is 8.42 Å². The van der Waals surface area contributed by atoms with Crippen LogP contribution < -0.4 is 0 Å². The van der Waals surface area contributed by atoms with Gasteiger partial charge in [0.2, 0.25) is 0 Å². The summed E-state index contributed by atoms with van der Waals surface area (Å²) in [6, 6.07) is -0.175. The molecule has 1 aromatic heterocycles. The molecule has 3 rings (SSSR count). The summed E-state index contributed by atoms with van der Waals surface area (Å²) in [5.74, 6) is 0. The molecule has 0 N–H and O–H groups in total. The van der Waals surface area contributed by atoms with Crippen LogP contribution in [0.1, 0.15) is 31.2 Å². The third-order valence-electron chi connectivity index (χ3n) is 5.13. The Bertz CT molecular complexity index is 673. The Balaban J connectivity index is 1.98. The average Bonchev–Trinajstić information content (AvgIpc) is 3.08. The fourth-order valence-electron chi connectivity index (χ4n) is 4.00. The molecule has 0 radical (unpaired) electrons. The van der Waals surface area contributed by atoms with Gasteiger partial charge in [-0.1, -0.05) is 12.8 Å². The SMILES string of the molecule is Cc1cnn(C)c1S(=O)(=O)N1CC2(CCCC2)OCC1CN(C)C. The fourth-order valence-corrected chi connectivity index (χ4v) is 5.99. The number of rotatable bonds is 4. The number of nitrogens with zero attached hydrogens (tertiary/aromatic N) is 4. The maximum absolute atomic E-state index is 13.4. The van der Waals surface area contributed by atoms with Gasteiger partial charge in [-0.25, -0.2) is 8.42 Å². The van der Waals surface area contributed by atoms with Gasteiger partial charge < -0.3 is 9.64 Å². The number of ether oxygens (including phenoxy) is 1. The molecular weight excluding hydrogens is 328 g/mol. The van der Waals surface area contributed by atoms with Gasteiger partial charge >= 0.3 is 0 Å². The first-order valence-electron chi connectivity index (χ1n) is 8.54. The van der Waals surface area contributed by atoms with Crippen molar-refractivity contribution in [3.63, 3.8) is 0 Å². The van der Waals surface area contributed by atoms with Crippen molar-refractivity contribution in [1.29, 1.82) is 0 Å². The second kappa shape index (κ2) is 6.40. The van der Waals surface area contributed by atoms with Gasteiger partial charge in [0, 0.05) is 25.7 Å². The van der Waals surface area contributed by atoms with Crippen LogP contribution in [0, 0.1) is 6.92 Å². The van der Waals surface area contributed by atoms with E-state index >= 15 is 0 Å². The van der Waals surface area contributed by atoms with Crippen molar-refractivity contribution in [2.45, 2.75) is 49.3 Å². The number of aromatic nitrogens is 2. The van der Waals surface area contributed by atoms with E-state index in [1.54, 1.807) is 24.5 Å². The second-order valence-electron chi connectivity index (χ2n) is 7.42. The third kappa shape index (κ3) is 3.12. The lowest BCUT2D eigenvalue weighted by atomic mass is 9.99. The number of aryl methyl sites for hydroxylation is 2. The van der Waals surface area contributed by atoms with Gasteiger partial charge in [-0.3, -0.25) is 4.68 Å². The van der Waals surface area contributed by atoms with Crippen LogP contribution in [0.4, 0.5) is 0 Å². The molecule has 1 aliphatic carbocycles. The summed E-state index contributed by atoms with van der Waals surface area (Å²) in [6.07, 6.45) is 5.71. The lowest BCUT2D eigenvalue weighted by molar-refractivity contribution is -0.110. The van der Waals surface area contributed by atoms with Crippen LogP contribution in [-0.2, 0) is 21.8 Å². The first-order valence-corrected chi connectivity index (χ1v) is 9.98. The summed E-state index contributed by atoms with van der Waals surface area (Å²) < 4.78 is 36.2. The van der Waals surface area contributed by atoms with Gasteiger partial charge in [0.05, 0.1) is 24.4 Å². The van der Waals surface area contributed by atoms with Crippen molar-refractivity contribution in [2.24, 2.45) is 7.05 Å². The smallest absolute Gasteiger partial charge is 0.260 e. The zero-order valence-corrected chi connectivity index (χ0v) is 15.8. The minimum atomic E-state index is -3.61. The molecule has 7 nitrogen and oxygen atoms in total. The topological polar surface area (TPSA) is 67.7 Å². The van der Waals surface area contributed by atoms with E-state index in [0.717, 1.165) is 25.7 Å². The van der Waals surface area contributed by atoms with Crippen LogP contribution in [0.5, 0.6) is 0 Å². The van der Waals surface area contributed by atoms with E-state index in [1.165, 1.54) is 4.68 Å². The van der Waals surface area contributed by atoms with E-state index in [4.69, 9.17) is 4.74 Å². The molecule has 8 heteroatoms. The zero-order valence-electron chi connectivity index (χ0n) is 15.0. The Hall–Kier alpha value is -0.960. The van der Waals surface area contributed by atoms with Gasteiger partial charge in [0.15, 0.2) is 5.03 Å². The Morgan fingerprint density at radius 2 is 2.04 bits per heavy atom. The highest BCUT2D eigenvalue weighted by Gasteiger charge is 2.47. The van der Waals surface area contributed by atoms with Crippen molar-refractivity contribution in [3.8, 4) is 0 Å². The largest absolute Gasteiger partial charge is 0.372 e. The molecule has 2 heterocycles. The molecule has 2 fully saturated rings. The highest BCUT2D eigenvalue weighted by molar-refractivity contribution is 7.89. The van der Waals surface area contributed by atoms with Crippen LogP contribution in [0.15, 0.2) is 11.2 Å². The molecule has 1 aromatic rings. The van der Waals surface area contributed by atoms with Crippen LogP contribution in [0.25, 0.3) is 0 Å². The fraction of sp³-hybridized carbons (Fsp3) is 0.812. The molecular formula is C16H28N4O3S. The number of sulfonamides is 1. The summed E-state index contributed by atoms with van der Waals surface area (Å²) in [6.45, 7) is 3.34. The van der Waals surface area contributed by atoms with E-state index in [2.05, 4.69) is 5.10 Å². The van der Waals surface area contributed by atoms with E-state index in [1.807, 2.05) is 19.0 Å². The van der Waals surface area contributed by atoms with Crippen LogP contribution in [-0.4, -0.2) is 72.8 Å². The first-order chi connectivity index (χ1) is 11.3. The molecule has 1 unspecified atom stereocenters. The lowest BCUT2D eigenvalue weighted by Gasteiger charge is -2.45. The zero-order chi connectivity index (χ0) is 17.5. The summed E-state index contributed by atoms with van der Waals surface area (Å²) in [7, 11) is 1.99. The summed E-state index contributed by atoms with van der Waals surface area (Å²) in [5.41, 5.74) is 0.385. The second-order valence-corrected chi connectivity index (χ2v) is 9.23. The number of morpholine rings is 1. The van der Waals surface area contributed by atoms with Gasteiger partial charge in [0.25, 0.3) is 10.0 Å². The molecule has 0 aromatic carbocycles. The highest BCUT2D eigenvalue weighted by atomic mass is 32.2. The Morgan fingerprint density at radius 3 is 2.58 bits per heavy atom. The number of hydrogen-bond acceptors (Lipinski definition) is 5. The summed E-state index contributed by atoms with van der Waals surface area (Å²) in [4.78, 5) is 2.01. The molecule has 1 spiro atoms. The van der Waals surface area contributed by atoms with Crippen LogP contribution in [0.3, 0.4) is 0 Å². The Kier molecular flexibility index (Phi) is 4.76. The predicted octanol–water partition coefficient (Wildman–Crippen LogP) is 0.992. The van der Waals surface area contributed by atoms with Crippen LogP contribution >= 0.6 is 0 Å². The summed E-state index contributed by atoms with van der Waals surface area (Å²) >= 11 is 0. The van der Waals surface area contributed by atoms with Crippen molar-refractivity contribution in [3.05, 3.63) is 11.8 Å². The highest BCUT2D eigenvalue weighted by Crippen LogP contribution is 2.39. The quantitative estimate of drug-likeness (QED) is 0.805.